The van der Waals surface area contributed by atoms with Crippen molar-refractivity contribution in [3.05, 3.63) is 62.5 Å². The number of aliphatic imine (C=N–C) groups is 1. The van der Waals surface area contributed by atoms with Gasteiger partial charge in [0.25, 0.3) is 0 Å². The fourth-order valence-electron chi connectivity index (χ4n) is 2.25. The standard InChI is InChI=1S/C15H11ClFN3OS/c1-8-11(7-21)13(10-3-2-9(17)6-12(10)16)20-14(19-8)15-18-4-5-22-15/h2-7,13H,1H3,(H,19,20). The largest absolute Gasteiger partial charge is 0.341 e. The lowest BCUT2D eigenvalue weighted by Gasteiger charge is -2.24. The Morgan fingerprint density at radius 3 is 2.91 bits per heavy atom. The summed E-state index contributed by atoms with van der Waals surface area (Å²) in [6.07, 6.45) is 2.42. The lowest BCUT2D eigenvalue weighted by Crippen LogP contribution is -2.30. The van der Waals surface area contributed by atoms with E-state index in [1.54, 1.807) is 19.2 Å². The number of hydrogen-bond donors (Lipinski definition) is 1. The molecule has 4 nitrogen and oxygen atoms in total. The first-order valence-corrected chi connectivity index (χ1v) is 7.71. The summed E-state index contributed by atoms with van der Waals surface area (Å²) >= 11 is 7.56. The summed E-state index contributed by atoms with van der Waals surface area (Å²) in [4.78, 5) is 20.2. The molecule has 3 rings (SSSR count). The fraction of sp³-hybridized carbons (Fsp3) is 0.133. The molecule has 1 N–H and O–H groups in total. The molecule has 1 aromatic carbocycles. The van der Waals surface area contributed by atoms with E-state index in [1.165, 1.54) is 23.5 Å². The van der Waals surface area contributed by atoms with Gasteiger partial charge in [0.1, 0.15) is 18.1 Å². The summed E-state index contributed by atoms with van der Waals surface area (Å²) in [5.74, 6) is 0.142. The molecule has 2 heterocycles. The van der Waals surface area contributed by atoms with E-state index in [-0.39, 0.29) is 5.02 Å². The van der Waals surface area contributed by atoms with Crippen molar-refractivity contribution in [2.75, 3.05) is 0 Å². The van der Waals surface area contributed by atoms with E-state index in [2.05, 4.69) is 15.3 Å². The fourth-order valence-corrected chi connectivity index (χ4v) is 3.11. The van der Waals surface area contributed by atoms with Gasteiger partial charge in [-0.3, -0.25) is 9.79 Å². The van der Waals surface area contributed by atoms with Crippen LogP contribution in [0.2, 0.25) is 5.02 Å². The quantitative estimate of drug-likeness (QED) is 0.873. The van der Waals surface area contributed by atoms with E-state index in [0.717, 1.165) is 6.29 Å². The van der Waals surface area contributed by atoms with Crippen molar-refractivity contribution in [1.82, 2.24) is 10.3 Å². The highest BCUT2D eigenvalue weighted by Gasteiger charge is 2.26. The van der Waals surface area contributed by atoms with E-state index in [9.17, 15) is 9.18 Å². The Kier molecular flexibility index (Phi) is 4.04. The number of carbonyl (C=O) groups is 1. The normalized spacial score (nSPS) is 18.0. The second-order valence-electron chi connectivity index (χ2n) is 4.71. The Morgan fingerprint density at radius 2 is 2.27 bits per heavy atom. The lowest BCUT2D eigenvalue weighted by molar-refractivity contribution is -0.105. The van der Waals surface area contributed by atoms with Crippen LogP contribution in [0, 0.1) is 5.82 Å². The predicted molar refractivity (Wildman–Crippen MR) is 84.7 cm³/mol. The van der Waals surface area contributed by atoms with Crippen LogP contribution in [-0.2, 0) is 4.79 Å². The first kappa shape index (κ1) is 14.9. The second-order valence-corrected chi connectivity index (χ2v) is 6.01. The molecule has 1 aliphatic rings. The molecular formula is C15H11ClFN3OS. The molecule has 0 saturated carbocycles. The molecule has 1 aromatic heterocycles. The van der Waals surface area contributed by atoms with Crippen molar-refractivity contribution in [2.24, 2.45) is 4.99 Å². The van der Waals surface area contributed by atoms with Crippen LogP contribution in [0.3, 0.4) is 0 Å². The Balaban J connectivity index is 2.11. The van der Waals surface area contributed by atoms with Crippen LogP contribution in [0.5, 0.6) is 0 Å². The summed E-state index contributed by atoms with van der Waals surface area (Å²) in [5, 5.41) is 5.87. The molecule has 0 aliphatic carbocycles. The number of benzene rings is 1. The number of aromatic nitrogens is 1. The molecule has 0 saturated heterocycles. The number of amidine groups is 1. The van der Waals surface area contributed by atoms with E-state index < -0.39 is 11.9 Å². The summed E-state index contributed by atoms with van der Waals surface area (Å²) in [7, 11) is 0. The molecule has 1 atom stereocenters. The van der Waals surface area contributed by atoms with E-state index >= 15 is 0 Å². The average Bonchev–Trinajstić information content (AvgIpc) is 3.00. The van der Waals surface area contributed by atoms with E-state index in [1.807, 2.05) is 5.38 Å². The van der Waals surface area contributed by atoms with Gasteiger partial charge in [-0.2, -0.15) is 0 Å². The molecule has 1 unspecified atom stereocenters. The summed E-state index contributed by atoms with van der Waals surface area (Å²) in [6, 6.07) is 3.49. The van der Waals surface area contributed by atoms with Crippen molar-refractivity contribution in [2.45, 2.75) is 13.0 Å². The highest BCUT2D eigenvalue weighted by molar-refractivity contribution is 7.11. The predicted octanol–water partition coefficient (Wildman–Crippen LogP) is 3.50. The Morgan fingerprint density at radius 1 is 1.45 bits per heavy atom. The maximum atomic E-state index is 13.2. The first-order valence-electron chi connectivity index (χ1n) is 6.45. The number of carbonyl (C=O) groups excluding carboxylic acids is 1. The van der Waals surface area contributed by atoms with Gasteiger partial charge in [0.2, 0.25) is 0 Å². The Bertz CT molecular complexity index is 786. The maximum Gasteiger partial charge on any atom is 0.163 e. The number of thiazole rings is 1. The van der Waals surface area contributed by atoms with Gasteiger partial charge in [0.15, 0.2) is 10.8 Å². The van der Waals surface area contributed by atoms with Crippen LogP contribution in [-0.4, -0.2) is 17.1 Å². The molecule has 0 amide bonds. The Labute approximate surface area is 135 Å². The van der Waals surface area contributed by atoms with Crippen LogP contribution in [0.25, 0.3) is 0 Å². The Hall–Kier alpha value is -2.05. The highest BCUT2D eigenvalue weighted by atomic mass is 35.5. The molecule has 0 fully saturated rings. The van der Waals surface area contributed by atoms with Gasteiger partial charge < -0.3 is 5.32 Å². The van der Waals surface area contributed by atoms with Crippen molar-refractivity contribution in [1.29, 1.82) is 0 Å². The van der Waals surface area contributed by atoms with E-state index in [0.29, 0.717) is 27.7 Å². The minimum absolute atomic E-state index is 0.237. The third-order valence-electron chi connectivity index (χ3n) is 3.31. The van der Waals surface area contributed by atoms with Gasteiger partial charge in [0.05, 0.1) is 0 Å². The molecule has 1 aliphatic heterocycles. The third-order valence-corrected chi connectivity index (χ3v) is 4.42. The van der Waals surface area contributed by atoms with Crippen molar-refractivity contribution in [3.8, 4) is 0 Å². The minimum atomic E-state index is -0.578. The van der Waals surface area contributed by atoms with Gasteiger partial charge in [-0.15, -0.1) is 11.3 Å². The number of halogens is 2. The zero-order valence-corrected chi connectivity index (χ0v) is 13.1. The minimum Gasteiger partial charge on any atom is -0.341 e. The molecule has 0 radical (unpaired) electrons. The molecule has 2 aromatic rings. The van der Waals surface area contributed by atoms with Crippen LogP contribution >= 0.6 is 22.9 Å². The maximum absolute atomic E-state index is 13.2. The number of rotatable bonds is 3. The molecular weight excluding hydrogens is 325 g/mol. The number of allylic oxidation sites excluding steroid dienone is 1. The van der Waals surface area contributed by atoms with Crippen LogP contribution in [0.1, 0.15) is 23.5 Å². The monoisotopic (exact) mass is 335 g/mol. The van der Waals surface area contributed by atoms with E-state index in [4.69, 9.17) is 11.6 Å². The number of nitrogens with one attached hydrogen (secondary N) is 1. The number of aldehydes is 1. The zero-order valence-electron chi connectivity index (χ0n) is 11.5. The molecule has 0 spiro atoms. The number of hydrogen-bond acceptors (Lipinski definition) is 5. The SMILES string of the molecule is CC1=C(C=O)C(c2ccc(F)cc2Cl)N=C(c2nccs2)N1. The highest BCUT2D eigenvalue weighted by Crippen LogP contribution is 2.34. The first-order chi connectivity index (χ1) is 10.6. The lowest BCUT2D eigenvalue weighted by atomic mass is 9.97. The van der Waals surface area contributed by atoms with Gasteiger partial charge in [0, 0.05) is 33.4 Å². The van der Waals surface area contributed by atoms with Crippen molar-refractivity contribution < 1.29 is 9.18 Å². The van der Waals surface area contributed by atoms with Gasteiger partial charge in [-0.1, -0.05) is 17.7 Å². The third kappa shape index (κ3) is 2.67. The summed E-state index contributed by atoms with van der Waals surface area (Å²) < 4.78 is 13.2. The van der Waals surface area contributed by atoms with Gasteiger partial charge in [-0.25, -0.2) is 9.37 Å². The van der Waals surface area contributed by atoms with Crippen molar-refractivity contribution >= 4 is 35.1 Å². The van der Waals surface area contributed by atoms with Gasteiger partial charge in [-0.05, 0) is 19.1 Å². The van der Waals surface area contributed by atoms with Crippen molar-refractivity contribution in [3.63, 3.8) is 0 Å². The van der Waals surface area contributed by atoms with Gasteiger partial charge >= 0.3 is 0 Å². The molecule has 7 heteroatoms. The number of nitrogens with zero attached hydrogens (tertiary/aromatic N) is 2. The smallest absolute Gasteiger partial charge is 0.163 e. The molecule has 22 heavy (non-hydrogen) atoms. The summed E-state index contributed by atoms with van der Waals surface area (Å²) in [5.41, 5.74) is 1.73. The topological polar surface area (TPSA) is 54.4 Å². The molecule has 112 valence electrons. The molecule has 0 bridgehead atoms. The van der Waals surface area contributed by atoms with Crippen LogP contribution in [0.15, 0.2) is 46.0 Å². The van der Waals surface area contributed by atoms with Crippen LogP contribution in [0.4, 0.5) is 4.39 Å². The van der Waals surface area contributed by atoms with Crippen LogP contribution < -0.4 is 5.32 Å². The second kappa shape index (κ2) is 5.98. The average molecular weight is 336 g/mol. The zero-order chi connectivity index (χ0) is 15.7. The summed E-state index contributed by atoms with van der Waals surface area (Å²) in [6.45, 7) is 1.79.